The Morgan fingerprint density at radius 1 is 1.53 bits per heavy atom. The molecular weight excluding hydrogens is 396 g/mol. The van der Waals surface area contributed by atoms with E-state index < -0.39 is 5.60 Å². The topological polar surface area (TPSA) is 46.5 Å². The molecule has 0 amide bonds. The maximum atomic E-state index is 11.8. The van der Waals surface area contributed by atoms with E-state index in [9.17, 15) is 9.90 Å². The minimum absolute atomic E-state index is 0.251. The third-order valence-corrected chi connectivity index (χ3v) is 3.83. The SMILES string of the molecule is CC[C@@]1(O)C(OC)=C(Br)C(=O)C1=C(Br)Br. The van der Waals surface area contributed by atoms with Crippen LogP contribution in [0.2, 0.25) is 0 Å². The summed E-state index contributed by atoms with van der Waals surface area (Å²) in [5.41, 5.74) is -1.11. The largest absolute Gasteiger partial charge is 0.496 e. The number of ether oxygens (including phenoxy) is 1. The zero-order chi connectivity index (χ0) is 11.8. The number of rotatable bonds is 2. The molecule has 1 aliphatic carbocycles. The van der Waals surface area contributed by atoms with Crippen molar-refractivity contribution in [1.29, 1.82) is 0 Å². The Morgan fingerprint density at radius 2 is 2.07 bits per heavy atom. The summed E-state index contributed by atoms with van der Waals surface area (Å²) < 4.78 is 5.77. The molecule has 0 radical (unpaired) electrons. The Morgan fingerprint density at radius 3 is 2.40 bits per heavy atom. The second-order valence-electron chi connectivity index (χ2n) is 3.03. The quantitative estimate of drug-likeness (QED) is 0.720. The highest BCUT2D eigenvalue weighted by molar-refractivity contribution is 9.28. The van der Waals surface area contributed by atoms with Gasteiger partial charge in [0.2, 0.25) is 5.78 Å². The van der Waals surface area contributed by atoms with E-state index >= 15 is 0 Å². The van der Waals surface area contributed by atoms with Crippen molar-refractivity contribution in [3.05, 3.63) is 19.2 Å². The molecule has 0 saturated carbocycles. The van der Waals surface area contributed by atoms with E-state index in [1.54, 1.807) is 6.92 Å². The summed E-state index contributed by atoms with van der Waals surface area (Å²) in [7, 11) is 1.43. The van der Waals surface area contributed by atoms with Gasteiger partial charge in [-0.2, -0.15) is 0 Å². The van der Waals surface area contributed by atoms with Gasteiger partial charge in [-0.1, -0.05) is 6.92 Å². The molecule has 3 nitrogen and oxygen atoms in total. The van der Waals surface area contributed by atoms with E-state index in [1.165, 1.54) is 7.11 Å². The van der Waals surface area contributed by atoms with Crippen molar-refractivity contribution in [2.24, 2.45) is 0 Å². The molecule has 1 atom stereocenters. The zero-order valence-corrected chi connectivity index (χ0v) is 12.9. The lowest BCUT2D eigenvalue weighted by Gasteiger charge is -2.24. The standard InChI is InChI=1S/C9H9Br3O3/c1-3-9(14)4(8(11)12)6(13)5(10)7(9)15-2/h14H,3H2,1-2H3/t9-/m0/s1. The van der Waals surface area contributed by atoms with Crippen molar-refractivity contribution >= 4 is 53.6 Å². The summed E-state index contributed by atoms with van der Waals surface area (Å²) in [5.74, 6) is -0.0265. The van der Waals surface area contributed by atoms with Crippen LogP contribution in [0.5, 0.6) is 0 Å². The van der Waals surface area contributed by atoms with Crippen molar-refractivity contribution in [2.75, 3.05) is 7.11 Å². The normalized spacial score (nSPS) is 26.3. The van der Waals surface area contributed by atoms with Crippen LogP contribution in [-0.4, -0.2) is 23.6 Å². The number of carbonyl (C=O) groups is 1. The van der Waals surface area contributed by atoms with Crippen LogP contribution in [0.25, 0.3) is 0 Å². The molecule has 1 aliphatic rings. The number of aliphatic hydroxyl groups is 1. The Labute approximate surface area is 113 Å². The molecule has 0 unspecified atom stereocenters. The van der Waals surface area contributed by atoms with Gasteiger partial charge >= 0.3 is 0 Å². The molecule has 0 aromatic heterocycles. The average Bonchev–Trinajstić information content (AvgIpc) is 2.36. The summed E-state index contributed by atoms with van der Waals surface area (Å²) in [4.78, 5) is 11.8. The van der Waals surface area contributed by atoms with Gasteiger partial charge < -0.3 is 9.84 Å². The third kappa shape index (κ3) is 1.97. The number of methoxy groups -OCH3 is 1. The van der Waals surface area contributed by atoms with Gasteiger partial charge in [0.15, 0.2) is 5.60 Å². The van der Waals surface area contributed by atoms with Crippen LogP contribution in [0, 0.1) is 0 Å². The average molecular weight is 405 g/mol. The Bertz CT molecular complexity index is 369. The molecule has 84 valence electrons. The van der Waals surface area contributed by atoms with Crippen LogP contribution in [0.15, 0.2) is 19.2 Å². The molecule has 0 fully saturated rings. The smallest absolute Gasteiger partial charge is 0.204 e. The lowest BCUT2D eigenvalue weighted by atomic mass is 9.94. The van der Waals surface area contributed by atoms with Gasteiger partial charge in [0.25, 0.3) is 0 Å². The number of Topliss-reactive ketones (excluding diaryl/α,β-unsaturated/α-hetero) is 1. The molecule has 6 heteroatoms. The van der Waals surface area contributed by atoms with Crippen molar-refractivity contribution in [1.82, 2.24) is 0 Å². The maximum absolute atomic E-state index is 11.8. The van der Waals surface area contributed by atoms with E-state index in [0.29, 0.717) is 9.81 Å². The number of ketones is 1. The summed E-state index contributed by atoms with van der Waals surface area (Å²) in [6, 6.07) is 0. The molecule has 0 aromatic rings. The number of hydrogen-bond donors (Lipinski definition) is 1. The van der Waals surface area contributed by atoms with Crippen molar-refractivity contribution in [3.8, 4) is 0 Å². The van der Waals surface area contributed by atoms with Crippen LogP contribution < -0.4 is 0 Å². The minimum atomic E-state index is -1.37. The molecule has 0 bridgehead atoms. The van der Waals surface area contributed by atoms with Gasteiger partial charge in [-0.15, -0.1) is 0 Å². The second kappa shape index (κ2) is 4.69. The lowest BCUT2D eigenvalue weighted by molar-refractivity contribution is -0.112. The van der Waals surface area contributed by atoms with E-state index in [-0.39, 0.29) is 21.6 Å². The fraction of sp³-hybridized carbons (Fsp3) is 0.444. The van der Waals surface area contributed by atoms with Crippen LogP contribution in [0.1, 0.15) is 13.3 Å². The number of carbonyl (C=O) groups excluding carboxylic acids is 1. The van der Waals surface area contributed by atoms with Gasteiger partial charge in [0.05, 0.1) is 16.1 Å². The first-order chi connectivity index (χ1) is 6.90. The van der Waals surface area contributed by atoms with E-state index in [4.69, 9.17) is 4.74 Å². The van der Waals surface area contributed by atoms with Crippen molar-refractivity contribution in [3.63, 3.8) is 0 Å². The van der Waals surface area contributed by atoms with E-state index in [1.807, 2.05) is 0 Å². The molecular formula is C9H9Br3O3. The van der Waals surface area contributed by atoms with Gasteiger partial charge in [0, 0.05) is 0 Å². The zero-order valence-electron chi connectivity index (χ0n) is 8.10. The molecule has 0 heterocycles. The second-order valence-corrected chi connectivity index (χ2v) is 6.47. The van der Waals surface area contributed by atoms with E-state index in [2.05, 4.69) is 47.8 Å². The molecule has 1 rings (SSSR count). The van der Waals surface area contributed by atoms with Crippen molar-refractivity contribution in [2.45, 2.75) is 18.9 Å². The summed E-state index contributed by atoms with van der Waals surface area (Å²) in [6.45, 7) is 1.78. The summed E-state index contributed by atoms with van der Waals surface area (Å²) in [5, 5.41) is 10.4. The number of allylic oxidation sites excluding steroid dienone is 1. The summed E-state index contributed by atoms with van der Waals surface area (Å²) >= 11 is 9.43. The number of hydrogen-bond acceptors (Lipinski definition) is 3. The van der Waals surface area contributed by atoms with Crippen LogP contribution >= 0.6 is 47.8 Å². The number of halogens is 3. The molecule has 0 spiro atoms. The first kappa shape index (κ1) is 13.4. The Hall–Kier alpha value is 0.350. The van der Waals surface area contributed by atoms with Crippen LogP contribution in [-0.2, 0) is 9.53 Å². The molecule has 0 aliphatic heterocycles. The van der Waals surface area contributed by atoms with Gasteiger partial charge in [-0.3, -0.25) is 4.79 Å². The van der Waals surface area contributed by atoms with Gasteiger partial charge in [0.1, 0.15) is 10.2 Å². The fourth-order valence-corrected chi connectivity index (χ4v) is 3.24. The first-order valence-electron chi connectivity index (χ1n) is 4.17. The van der Waals surface area contributed by atoms with Crippen molar-refractivity contribution < 1.29 is 14.6 Å². The minimum Gasteiger partial charge on any atom is -0.496 e. The monoisotopic (exact) mass is 402 g/mol. The highest BCUT2D eigenvalue weighted by atomic mass is 79.9. The Kier molecular flexibility index (Phi) is 4.20. The predicted octanol–water partition coefficient (Wildman–Crippen LogP) is 2.96. The summed E-state index contributed by atoms with van der Waals surface area (Å²) in [6.07, 6.45) is 0.354. The predicted molar refractivity (Wildman–Crippen MR) is 68.1 cm³/mol. The highest BCUT2D eigenvalue weighted by Gasteiger charge is 2.49. The Balaban J connectivity index is 3.44. The maximum Gasteiger partial charge on any atom is 0.204 e. The van der Waals surface area contributed by atoms with Gasteiger partial charge in [-0.05, 0) is 54.2 Å². The first-order valence-corrected chi connectivity index (χ1v) is 6.55. The van der Waals surface area contributed by atoms with Crippen LogP contribution in [0.3, 0.4) is 0 Å². The van der Waals surface area contributed by atoms with Gasteiger partial charge in [-0.25, -0.2) is 0 Å². The van der Waals surface area contributed by atoms with E-state index in [0.717, 1.165) is 0 Å². The fourth-order valence-electron chi connectivity index (χ4n) is 1.53. The molecule has 0 saturated heterocycles. The highest BCUT2D eigenvalue weighted by Crippen LogP contribution is 2.46. The third-order valence-electron chi connectivity index (χ3n) is 2.32. The molecule has 15 heavy (non-hydrogen) atoms. The lowest BCUT2D eigenvalue weighted by Crippen LogP contribution is -2.32. The molecule has 0 aromatic carbocycles. The van der Waals surface area contributed by atoms with Crippen LogP contribution in [0.4, 0.5) is 0 Å². The molecule has 1 N–H and O–H groups in total.